The molecule has 1 aromatic rings. The normalized spacial score (nSPS) is 17.8. The molecule has 6 nitrogen and oxygen atoms in total. The summed E-state index contributed by atoms with van der Waals surface area (Å²) in [6.07, 6.45) is 0. The van der Waals surface area contributed by atoms with Crippen LogP contribution in [0.3, 0.4) is 0 Å². The number of hydrogen-bond donors (Lipinski definition) is 1. The zero-order chi connectivity index (χ0) is 15.6. The summed E-state index contributed by atoms with van der Waals surface area (Å²) >= 11 is 0. The molecule has 116 valence electrons. The average molecular weight is 316 g/mol. The number of rotatable bonds is 4. The lowest BCUT2D eigenvalue weighted by Gasteiger charge is -2.33. The van der Waals surface area contributed by atoms with Crippen molar-refractivity contribution in [1.82, 2.24) is 9.21 Å². The summed E-state index contributed by atoms with van der Waals surface area (Å²) < 4.78 is 39.6. The largest absolute Gasteiger partial charge is 0.478 e. The van der Waals surface area contributed by atoms with Crippen LogP contribution in [0.4, 0.5) is 4.39 Å². The molecule has 1 saturated heterocycles. The van der Waals surface area contributed by atoms with Crippen LogP contribution in [0.1, 0.15) is 17.3 Å². The molecular weight excluding hydrogens is 299 g/mol. The highest BCUT2D eigenvalue weighted by molar-refractivity contribution is 7.89. The second-order valence-corrected chi connectivity index (χ2v) is 6.69. The lowest BCUT2D eigenvalue weighted by atomic mass is 10.2. The highest BCUT2D eigenvalue weighted by Gasteiger charge is 2.31. The second-order valence-electron chi connectivity index (χ2n) is 4.78. The van der Waals surface area contributed by atoms with Crippen molar-refractivity contribution in [3.8, 4) is 0 Å². The number of benzene rings is 1. The zero-order valence-electron chi connectivity index (χ0n) is 11.6. The fourth-order valence-corrected chi connectivity index (χ4v) is 3.93. The van der Waals surface area contributed by atoms with Crippen LogP contribution in [-0.2, 0) is 10.0 Å². The van der Waals surface area contributed by atoms with Crippen molar-refractivity contribution in [3.63, 3.8) is 0 Å². The molecule has 1 aromatic carbocycles. The number of carboxylic acids is 1. The van der Waals surface area contributed by atoms with E-state index in [2.05, 4.69) is 4.90 Å². The molecule has 0 amide bonds. The van der Waals surface area contributed by atoms with Crippen LogP contribution in [0.25, 0.3) is 0 Å². The summed E-state index contributed by atoms with van der Waals surface area (Å²) in [4.78, 5) is 12.8. The smallest absolute Gasteiger partial charge is 0.337 e. The number of nitrogens with zero attached hydrogens (tertiary/aromatic N) is 2. The Bertz CT molecular complexity index is 640. The molecule has 0 aliphatic carbocycles. The molecule has 0 spiro atoms. The van der Waals surface area contributed by atoms with Crippen molar-refractivity contribution in [1.29, 1.82) is 0 Å². The van der Waals surface area contributed by atoms with Gasteiger partial charge in [0.15, 0.2) is 0 Å². The Morgan fingerprint density at radius 1 is 1.29 bits per heavy atom. The van der Waals surface area contributed by atoms with E-state index in [4.69, 9.17) is 5.11 Å². The first kappa shape index (κ1) is 15.9. The topological polar surface area (TPSA) is 77.9 Å². The van der Waals surface area contributed by atoms with Crippen LogP contribution >= 0.6 is 0 Å². The van der Waals surface area contributed by atoms with E-state index in [9.17, 15) is 17.6 Å². The van der Waals surface area contributed by atoms with Crippen molar-refractivity contribution < 1.29 is 22.7 Å². The van der Waals surface area contributed by atoms with Crippen molar-refractivity contribution in [2.75, 3.05) is 32.7 Å². The molecule has 0 bridgehead atoms. The molecule has 0 saturated carbocycles. The first-order valence-electron chi connectivity index (χ1n) is 6.61. The van der Waals surface area contributed by atoms with E-state index in [0.29, 0.717) is 13.1 Å². The summed E-state index contributed by atoms with van der Waals surface area (Å²) in [5.41, 5.74) is -0.408. The molecule has 1 heterocycles. The predicted molar refractivity (Wildman–Crippen MR) is 74.2 cm³/mol. The maximum absolute atomic E-state index is 13.3. The Balaban J connectivity index is 2.36. The number of carboxylic acid groups (broad SMARTS) is 1. The van der Waals surface area contributed by atoms with Crippen LogP contribution in [-0.4, -0.2) is 61.4 Å². The van der Waals surface area contributed by atoms with Gasteiger partial charge in [0.2, 0.25) is 10.0 Å². The van der Waals surface area contributed by atoms with Crippen LogP contribution in [0.5, 0.6) is 0 Å². The molecule has 2 rings (SSSR count). The van der Waals surface area contributed by atoms with Crippen LogP contribution in [0, 0.1) is 5.82 Å². The third-order valence-electron chi connectivity index (χ3n) is 3.57. The summed E-state index contributed by atoms with van der Waals surface area (Å²) in [5.74, 6) is -2.16. The Hall–Kier alpha value is -1.51. The van der Waals surface area contributed by atoms with E-state index in [1.54, 1.807) is 0 Å². The maximum Gasteiger partial charge on any atom is 0.337 e. The van der Waals surface area contributed by atoms with Gasteiger partial charge in [-0.2, -0.15) is 4.31 Å². The van der Waals surface area contributed by atoms with Gasteiger partial charge in [-0.05, 0) is 24.7 Å². The first-order chi connectivity index (χ1) is 9.86. The molecule has 8 heteroatoms. The van der Waals surface area contributed by atoms with Gasteiger partial charge in [-0.1, -0.05) is 6.92 Å². The van der Waals surface area contributed by atoms with Gasteiger partial charge in [0.25, 0.3) is 0 Å². The maximum atomic E-state index is 13.3. The minimum atomic E-state index is -4.01. The van der Waals surface area contributed by atoms with Gasteiger partial charge in [-0.15, -0.1) is 0 Å². The molecular formula is C13H17FN2O4S. The molecule has 1 aliphatic heterocycles. The number of hydrogen-bond acceptors (Lipinski definition) is 4. The Kier molecular flexibility index (Phi) is 4.60. The van der Waals surface area contributed by atoms with Crippen LogP contribution < -0.4 is 0 Å². The van der Waals surface area contributed by atoms with Gasteiger partial charge < -0.3 is 10.0 Å². The summed E-state index contributed by atoms with van der Waals surface area (Å²) in [5, 5.41) is 9.08. The monoisotopic (exact) mass is 316 g/mol. The number of piperazine rings is 1. The number of aromatic carboxylic acids is 1. The van der Waals surface area contributed by atoms with Gasteiger partial charge in [-0.3, -0.25) is 0 Å². The molecule has 1 N–H and O–H groups in total. The van der Waals surface area contributed by atoms with Crippen molar-refractivity contribution >= 4 is 16.0 Å². The van der Waals surface area contributed by atoms with Crippen molar-refractivity contribution in [3.05, 3.63) is 29.6 Å². The third kappa shape index (κ3) is 3.22. The molecule has 1 fully saturated rings. The Morgan fingerprint density at radius 2 is 1.90 bits per heavy atom. The number of halogens is 1. The molecule has 0 radical (unpaired) electrons. The van der Waals surface area contributed by atoms with E-state index in [1.807, 2.05) is 6.92 Å². The SMILES string of the molecule is CCN1CCN(S(=O)(=O)c2cc(F)ccc2C(=O)O)CC1. The Morgan fingerprint density at radius 3 is 2.43 bits per heavy atom. The molecule has 0 aromatic heterocycles. The third-order valence-corrected chi connectivity index (χ3v) is 5.51. The standard InChI is InChI=1S/C13H17FN2O4S/c1-2-15-5-7-16(8-6-15)21(19,20)12-9-10(14)3-4-11(12)13(17)18/h3-4,9H,2,5-8H2,1H3,(H,17,18). The van der Waals surface area contributed by atoms with Gasteiger partial charge in [0.05, 0.1) is 10.5 Å². The zero-order valence-corrected chi connectivity index (χ0v) is 12.4. The van der Waals surface area contributed by atoms with Gasteiger partial charge >= 0.3 is 5.97 Å². The number of sulfonamides is 1. The fraction of sp³-hybridized carbons (Fsp3) is 0.462. The fourth-order valence-electron chi connectivity index (χ4n) is 2.31. The summed E-state index contributed by atoms with van der Waals surface area (Å²) in [6.45, 7) is 4.51. The number of likely N-dealkylation sites (N-methyl/N-ethyl adjacent to an activating group) is 1. The molecule has 21 heavy (non-hydrogen) atoms. The predicted octanol–water partition coefficient (Wildman–Crippen LogP) is 0.850. The first-order valence-corrected chi connectivity index (χ1v) is 8.05. The molecule has 1 aliphatic rings. The summed E-state index contributed by atoms with van der Waals surface area (Å²) in [6, 6.07) is 2.69. The lowest BCUT2D eigenvalue weighted by molar-refractivity contribution is 0.0692. The van der Waals surface area contributed by atoms with Gasteiger partial charge in [0, 0.05) is 26.2 Å². The van der Waals surface area contributed by atoms with Gasteiger partial charge in [-0.25, -0.2) is 17.6 Å². The Labute approximate surface area is 122 Å². The molecule has 0 atom stereocenters. The molecule has 0 unspecified atom stereocenters. The second kappa shape index (κ2) is 6.08. The van der Waals surface area contributed by atoms with Crippen molar-refractivity contribution in [2.45, 2.75) is 11.8 Å². The highest BCUT2D eigenvalue weighted by atomic mass is 32.2. The van der Waals surface area contributed by atoms with Crippen molar-refractivity contribution in [2.24, 2.45) is 0 Å². The lowest BCUT2D eigenvalue weighted by Crippen LogP contribution is -2.48. The highest BCUT2D eigenvalue weighted by Crippen LogP contribution is 2.22. The van der Waals surface area contributed by atoms with E-state index >= 15 is 0 Å². The van der Waals surface area contributed by atoms with Crippen LogP contribution in [0.2, 0.25) is 0 Å². The quantitative estimate of drug-likeness (QED) is 0.891. The van der Waals surface area contributed by atoms with E-state index in [-0.39, 0.29) is 13.1 Å². The van der Waals surface area contributed by atoms with Crippen LogP contribution in [0.15, 0.2) is 23.1 Å². The van der Waals surface area contributed by atoms with E-state index in [1.165, 1.54) is 4.31 Å². The van der Waals surface area contributed by atoms with E-state index in [0.717, 1.165) is 24.7 Å². The summed E-state index contributed by atoms with van der Waals surface area (Å²) in [7, 11) is -4.01. The van der Waals surface area contributed by atoms with Gasteiger partial charge in [0.1, 0.15) is 5.82 Å². The average Bonchev–Trinajstić information content (AvgIpc) is 2.47. The van der Waals surface area contributed by atoms with E-state index < -0.39 is 32.3 Å². The minimum absolute atomic E-state index is 0.270. The number of carbonyl (C=O) groups is 1. The minimum Gasteiger partial charge on any atom is -0.478 e.